The van der Waals surface area contributed by atoms with E-state index in [9.17, 15) is 0 Å². The summed E-state index contributed by atoms with van der Waals surface area (Å²) in [6.07, 6.45) is 2.12. The lowest BCUT2D eigenvalue weighted by molar-refractivity contribution is 0.415. The summed E-state index contributed by atoms with van der Waals surface area (Å²) in [7, 11) is 1.66. The Balaban J connectivity index is 1.51. The molecule has 0 amide bonds. The van der Waals surface area contributed by atoms with Crippen LogP contribution in [0.1, 0.15) is 25.6 Å². The summed E-state index contributed by atoms with van der Waals surface area (Å²) < 4.78 is 12.8. The van der Waals surface area contributed by atoms with E-state index in [0.29, 0.717) is 22.5 Å². The van der Waals surface area contributed by atoms with E-state index in [1.165, 1.54) is 0 Å². The second kappa shape index (κ2) is 9.98. The van der Waals surface area contributed by atoms with Gasteiger partial charge in [0.05, 0.1) is 12.9 Å². The van der Waals surface area contributed by atoms with Crippen molar-refractivity contribution in [1.82, 2.24) is 24.9 Å². The number of hydrogen-bond acceptors (Lipinski definition) is 7. The molecule has 2 heterocycles. The fraction of sp³-hybridized carbons (Fsp3) is 0.273. The maximum atomic E-state index is 5.94. The number of hydrogen-bond donors (Lipinski definition) is 0. The number of halogens is 1. The van der Waals surface area contributed by atoms with Crippen LogP contribution in [0.3, 0.4) is 0 Å². The van der Waals surface area contributed by atoms with Gasteiger partial charge in [0.25, 0.3) is 5.89 Å². The molecule has 2 aromatic heterocycles. The van der Waals surface area contributed by atoms with Gasteiger partial charge < -0.3 is 13.8 Å². The molecule has 0 atom stereocenters. The van der Waals surface area contributed by atoms with Gasteiger partial charge in [-0.25, -0.2) is 0 Å². The number of methoxy groups -OCH3 is 1. The van der Waals surface area contributed by atoms with E-state index >= 15 is 0 Å². The first kappa shape index (κ1) is 21.4. The predicted octanol–water partition coefficient (Wildman–Crippen LogP) is 5.75. The Labute approximate surface area is 189 Å². The van der Waals surface area contributed by atoms with Gasteiger partial charge in [0, 0.05) is 22.7 Å². The molecule has 0 unspecified atom stereocenters. The number of nitrogens with zero attached hydrogens (tertiary/aromatic N) is 5. The molecule has 0 radical (unpaired) electrons. The van der Waals surface area contributed by atoms with Gasteiger partial charge >= 0.3 is 0 Å². The summed E-state index contributed by atoms with van der Waals surface area (Å²) in [6.45, 7) is 3.01. The van der Waals surface area contributed by atoms with E-state index in [4.69, 9.17) is 20.9 Å². The zero-order valence-corrected chi connectivity index (χ0v) is 18.9. The lowest BCUT2D eigenvalue weighted by atomic mass is 10.2. The minimum absolute atomic E-state index is 0.471. The van der Waals surface area contributed by atoms with Gasteiger partial charge in [-0.2, -0.15) is 4.98 Å². The maximum Gasteiger partial charge on any atom is 0.257 e. The van der Waals surface area contributed by atoms with E-state index in [2.05, 4.69) is 31.8 Å². The number of aromatic nitrogens is 5. The second-order valence-electron chi connectivity index (χ2n) is 6.85. The predicted molar refractivity (Wildman–Crippen MR) is 121 cm³/mol. The third-order valence-electron chi connectivity index (χ3n) is 4.69. The van der Waals surface area contributed by atoms with Crippen molar-refractivity contribution in [3.63, 3.8) is 0 Å². The van der Waals surface area contributed by atoms with Crippen LogP contribution >= 0.6 is 23.4 Å². The maximum absolute atomic E-state index is 5.94. The van der Waals surface area contributed by atoms with Gasteiger partial charge in [-0.05, 0) is 55.0 Å². The van der Waals surface area contributed by atoms with E-state index in [1.807, 2.05) is 36.4 Å². The Kier molecular flexibility index (Phi) is 6.89. The summed E-state index contributed by atoms with van der Waals surface area (Å²) in [5, 5.41) is 14.5. The number of rotatable bonds is 9. The number of benzene rings is 2. The monoisotopic (exact) mass is 455 g/mol. The van der Waals surface area contributed by atoms with Crippen LogP contribution in [0.5, 0.6) is 5.75 Å². The fourth-order valence-corrected chi connectivity index (χ4v) is 3.95. The second-order valence-corrected chi connectivity index (χ2v) is 8.23. The summed E-state index contributed by atoms with van der Waals surface area (Å²) >= 11 is 7.49. The van der Waals surface area contributed by atoms with Crippen LogP contribution in [0.25, 0.3) is 22.8 Å². The Hall–Kier alpha value is -2.84. The summed E-state index contributed by atoms with van der Waals surface area (Å²) in [6, 6.07) is 15.2. The van der Waals surface area contributed by atoms with Crippen LogP contribution in [-0.4, -0.2) is 32.0 Å². The smallest absolute Gasteiger partial charge is 0.257 e. The summed E-state index contributed by atoms with van der Waals surface area (Å²) in [4.78, 5) is 4.49. The van der Waals surface area contributed by atoms with Crippen molar-refractivity contribution in [3.05, 3.63) is 59.4 Å². The fourth-order valence-electron chi connectivity index (χ4n) is 3.02. The van der Waals surface area contributed by atoms with Gasteiger partial charge in [0.2, 0.25) is 0 Å². The highest BCUT2D eigenvalue weighted by atomic mass is 35.5. The quantitative estimate of drug-likeness (QED) is 0.297. The van der Waals surface area contributed by atoms with Crippen molar-refractivity contribution in [1.29, 1.82) is 0 Å². The van der Waals surface area contributed by atoms with Crippen molar-refractivity contribution >= 4 is 23.4 Å². The molecule has 0 N–H and O–H groups in total. The third-order valence-corrected chi connectivity index (χ3v) is 5.90. The van der Waals surface area contributed by atoms with Crippen molar-refractivity contribution in [3.8, 4) is 28.6 Å². The lowest BCUT2D eigenvalue weighted by Crippen LogP contribution is -2.03. The molecule has 0 fully saturated rings. The van der Waals surface area contributed by atoms with Crippen molar-refractivity contribution in [2.24, 2.45) is 0 Å². The highest BCUT2D eigenvalue weighted by Gasteiger charge is 2.16. The average Bonchev–Trinajstić information content (AvgIpc) is 3.44. The standard InChI is InChI=1S/C22H22ClN5O2S/c1-3-4-13-28-20(15-7-11-18(29-2)12-8-15)25-26-22(28)31-14-19-24-21(30-27-19)16-5-9-17(23)10-6-16/h5-12H,3-4,13-14H2,1-2H3. The zero-order valence-electron chi connectivity index (χ0n) is 17.3. The van der Waals surface area contributed by atoms with E-state index < -0.39 is 0 Å². The molecule has 9 heteroatoms. The first-order valence-electron chi connectivity index (χ1n) is 9.97. The van der Waals surface area contributed by atoms with E-state index in [1.54, 1.807) is 31.0 Å². The van der Waals surface area contributed by atoms with Crippen LogP contribution in [0.2, 0.25) is 5.02 Å². The Bertz CT molecular complexity index is 1130. The molecule has 0 aliphatic carbocycles. The first-order chi connectivity index (χ1) is 15.2. The van der Waals surface area contributed by atoms with E-state index in [-0.39, 0.29) is 0 Å². The van der Waals surface area contributed by atoms with Gasteiger partial charge in [-0.3, -0.25) is 0 Å². The summed E-state index contributed by atoms with van der Waals surface area (Å²) in [5.74, 6) is 3.26. The molecular weight excluding hydrogens is 434 g/mol. The Morgan fingerprint density at radius 3 is 2.48 bits per heavy atom. The topological polar surface area (TPSA) is 78.9 Å². The molecule has 0 bridgehead atoms. The third kappa shape index (κ3) is 5.08. The van der Waals surface area contributed by atoms with Crippen LogP contribution in [0, 0.1) is 0 Å². The van der Waals surface area contributed by atoms with Crippen LogP contribution < -0.4 is 4.74 Å². The van der Waals surface area contributed by atoms with Crippen LogP contribution in [0.15, 0.2) is 58.2 Å². The van der Waals surface area contributed by atoms with E-state index in [0.717, 1.165) is 47.2 Å². The molecule has 0 spiro atoms. The highest BCUT2D eigenvalue weighted by molar-refractivity contribution is 7.98. The normalized spacial score (nSPS) is 11.1. The van der Waals surface area contributed by atoms with Crippen molar-refractivity contribution in [2.45, 2.75) is 37.2 Å². The highest BCUT2D eigenvalue weighted by Crippen LogP contribution is 2.28. The largest absolute Gasteiger partial charge is 0.497 e. The molecule has 2 aromatic carbocycles. The minimum atomic E-state index is 0.471. The van der Waals surface area contributed by atoms with Crippen LogP contribution in [0.4, 0.5) is 0 Å². The zero-order chi connectivity index (χ0) is 21.6. The Morgan fingerprint density at radius 2 is 1.77 bits per heavy atom. The Morgan fingerprint density at radius 1 is 1.03 bits per heavy atom. The summed E-state index contributed by atoms with van der Waals surface area (Å²) in [5.41, 5.74) is 1.84. The minimum Gasteiger partial charge on any atom is -0.497 e. The van der Waals surface area contributed by atoms with Crippen LogP contribution in [-0.2, 0) is 12.3 Å². The van der Waals surface area contributed by atoms with Crippen molar-refractivity contribution < 1.29 is 9.26 Å². The number of unbranched alkanes of at least 4 members (excludes halogenated alkanes) is 1. The molecule has 0 aliphatic rings. The molecule has 31 heavy (non-hydrogen) atoms. The lowest BCUT2D eigenvalue weighted by Gasteiger charge is -2.09. The molecule has 7 nitrogen and oxygen atoms in total. The SMILES string of the molecule is CCCCn1c(SCc2noc(-c3ccc(Cl)cc3)n2)nnc1-c1ccc(OC)cc1. The molecular formula is C22H22ClN5O2S. The molecule has 0 aliphatic heterocycles. The average molecular weight is 456 g/mol. The van der Waals surface area contributed by atoms with Gasteiger partial charge in [0.1, 0.15) is 5.75 Å². The molecule has 160 valence electrons. The molecule has 4 rings (SSSR count). The number of ether oxygens (including phenoxy) is 1. The van der Waals surface area contributed by atoms with Gasteiger partial charge in [-0.1, -0.05) is 41.9 Å². The molecule has 4 aromatic rings. The first-order valence-corrected chi connectivity index (χ1v) is 11.3. The van der Waals surface area contributed by atoms with Gasteiger partial charge in [-0.15, -0.1) is 10.2 Å². The molecule has 0 saturated heterocycles. The number of thioether (sulfide) groups is 1. The molecule has 0 saturated carbocycles. The van der Waals surface area contributed by atoms with Crippen molar-refractivity contribution in [2.75, 3.05) is 7.11 Å². The van der Waals surface area contributed by atoms with Gasteiger partial charge in [0.15, 0.2) is 16.8 Å².